The summed E-state index contributed by atoms with van der Waals surface area (Å²) in [5, 5.41) is 4.48. The van der Waals surface area contributed by atoms with Crippen molar-refractivity contribution in [3.05, 3.63) is 54.6 Å². The molecule has 0 radical (unpaired) electrons. The van der Waals surface area contributed by atoms with Gasteiger partial charge >= 0.3 is 6.09 Å². The number of piperazine rings is 1. The van der Waals surface area contributed by atoms with Crippen molar-refractivity contribution in [3.8, 4) is 11.1 Å². The first kappa shape index (κ1) is 19.2. The highest BCUT2D eigenvalue weighted by atomic mass is 19.1. The molecule has 0 unspecified atom stereocenters. The van der Waals surface area contributed by atoms with Crippen LogP contribution in [0.3, 0.4) is 0 Å². The Kier molecular flexibility index (Phi) is 4.90. The first-order valence-corrected chi connectivity index (χ1v) is 9.76. The predicted molar refractivity (Wildman–Crippen MR) is 111 cm³/mol. The lowest BCUT2D eigenvalue weighted by Gasteiger charge is -2.36. The van der Waals surface area contributed by atoms with E-state index >= 15 is 0 Å². The van der Waals surface area contributed by atoms with Gasteiger partial charge in [-0.2, -0.15) is 5.10 Å². The fourth-order valence-electron chi connectivity index (χ4n) is 3.51. The molecule has 29 heavy (non-hydrogen) atoms. The molecule has 2 aromatic heterocycles. The Morgan fingerprint density at radius 1 is 1.07 bits per heavy atom. The minimum atomic E-state index is -0.490. The molecule has 1 aromatic carbocycles. The maximum Gasteiger partial charge on any atom is 0.410 e. The molecule has 0 N–H and O–H groups in total. The first-order valence-electron chi connectivity index (χ1n) is 9.76. The Hall–Kier alpha value is -3.09. The summed E-state index contributed by atoms with van der Waals surface area (Å²) in [4.78, 5) is 16.2. The number of hydrogen-bond donors (Lipinski definition) is 0. The molecule has 0 spiro atoms. The van der Waals surface area contributed by atoms with Crippen LogP contribution >= 0.6 is 0 Å². The van der Waals surface area contributed by atoms with Crippen LogP contribution in [0.15, 0.2) is 48.8 Å². The summed E-state index contributed by atoms with van der Waals surface area (Å²) in [6.45, 7) is 8.26. The van der Waals surface area contributed by atoms with E-state index in [2.05, 4.69) is 10.00 Å². The van der Waals surface area contributed by atoms with Crippen molar-refractivity contribution in [3.63, 3.8) is 0 Å². The number of fused-ring (bicyclic) bond motifs is 1. The van der Waals surface area contributed by atoms with Gasteiger partial charge in [-0.15, -0.1) is 0 Å². The Bertz CT molecular complexity index is 1030. The van der Waals surface area contributed by atoms with E-state index in [9.17, 15) is 9.18 Å². The van der Waals surface area contributed by atoms with Crippen LogP contribution in [-0.2, 0) is 4.74 Å². The van der Waals surface area contributed by atoms with Gasteiger partial charge in [-0.25, -0.2) is 13.7 Å². The summed E-state index contributed by atoms with van der Waals surface area (Å²) in [6, 6.07) is 10.5. The normalized spacial score (nSPS) is 15.0. The molecular weight excluding hydrogens is 371 g/mol. The largest absolute Gasteiger partial charge is 0.444 e. The number of pyridine rings is 1. The second-order valence-electron chi connectivity index (χ2n) is 8.24. The minimum absolute atomic E-state index is 0.258. The average Bonchev–Trinajstić information content (AvgIpc) is 3.10. The Balaban J connectivity index is 1.49. The van der Waals surface area contributed by atoms with Gasteiger partial charge in [-0.05, 0) is 44.5 Å². The highest BCUT2D eigenvalue weighted by molar-refractivity contribution is 5.76. The van der Waals surface area contributed by atoms with Gasteiger partial charge in [0.1, 0.15) is 11.4 Å². The molecule has 1 fully saturated rings. The smallest absolute Gasteiger partial charge is 0.410 e. The number of halogens is 1. The molecule has 0 bridgehead atoms. The molecule has 1 aliphatic heterocycles. The van der Waals surface area contributed by atoms with Gasteiger partial charge in [-0.3, -0.25) is 0 Å². The maximum absolute atomic E-state index is 13.5. The van der Waals surface area contributed by atoms with Crippen molar-refractivity contribution in [2.45, 2.75) is 26.4 Å². The molecule has 0 saturated carbocycles. The number of rotatable bonds is 2. The van der Waals surface area contributed by atoms with Crippen molar-refractivity contribution < 1.29 is 13.9 Å². The Labute approximate surface area is 169 Å². The van der Waals surface area contributed by atoms with Crippen LogP contribution in [0.1, 0.15) is 20.8 Å². The topological polar surface area (TPSA) is 50.1 Å². The zero-order chi connectivity index (χ0) is 20.6. The molecule has 0 atom stereocenters. The summed E-state index contributed by atoms with van der Waals surface area (Å²) in [6.07, 6.45) is 3.48. The lowest BCUT2D eigenvalue weighted by molar-refractivity contribution is 0.0240. The van der Waals surface area contributed by atoms with Gasteiger partial charge in [0.05, 0.1) is 17.4 Å². The number of aromatic nitrogens is 2. The van der Waals surface area contributed by atoms with Crippen molar-refractivity contribution in [1.29, 1.82) is 0 Å². The minimum Gasteiger partial charge on any atom is -0.444 e. The van der Waals surface area contributed by atoms with E-state index in [4.69, 9.17) is 4.74 Å². The third-order valence-corrected chi connectivity index (χ3v) is 4.93. The Morgan fingerprint density at radius 2 is 1.83 bits per heavy atom. The van der Waals surface area contributed by atoms with Gasteiger partial charge in [0.2, 0.25) is 0 Å². The van der Waals surface area contributed by atoms with Crippen LogP contribution in [0.5, 0.6) is 0 Å². The maximum atomic E-state index is 13.5. The van der Waals surface area contributed by atoms with Gasteiger partial charge < -0.3 is 14.5 Å². The molecule has 1 saturated heterocycles. The van der Waals surface area contributed by atoms with Gasteiger partial charge in [-0.1, -0.05) is 18.2 Å². The van der Waals surface area contributed by atoms with Crippen molar-refractivity contribution in [2.24, 2.45) is 0 Å². The summed E-state index contributed by atoms with van der Waals surface area (Å²) >= 11 is 0. The average molecular weight is 396 g/mol. The van der Waals surface area contributed by atoms with Crippen molar-refractivity contribution in [2.75, 3.05) is 31.1 Å². The predicted octanol–water partition coefficient (Wildman–Crippen LogP) is 4.20. The van der Waals surface area contributed by atoms with Crippen LogP contribution in [0, 0.1) is 5.82 Å². The van der Waals surface area contributed by atoms with Crippen LogP contribution in [0.4, 0.5) is 14.9 Å². The first-order chi connectivity index (χ1) is 13.8. The SMILES string of the molecule is CC(C)(C)OC(=O)N1CCN(c2cnn3cc(-c4cccc(F)c4)ccc23)CC1. The van der Waals surface area contributed by atoms with E-state index in [0.717, 1.165) is 22.3 Å². The summed E-state index contributed by atoms with van der Waals surface area (Å²) in [5.74, 6) is -0.258. The zero-order valence-electron chi connectivity index (χ0n) is 16.9. The monoisotopic (exact) mass is 396 g/mol. The van der Waals surface area contributed by atoms with E-state index in [1.165, 1.54) is 12.1 Å². The van der Waals surface area contributed by atoms with Gasteiger partial charge in [0, 0.05) is 37.9 Å². The van der Waals surface area contributed by atoms with E-state index in [0.29, 0.717) is 26.2 Å². The number of ether oxygens (including phenoxy) is 1. The molecule has 152 valence electrons. The van der Waals surface area contributed by atoms with Gasteiger partial charge in [0.25, 0.3) is 0 Å². The van der Waals surface area contributed by atoms with E-state index in [1.807, 2.05) is 55.9 Å². The number of carbonyl (C=O) groups excluding carboxylic acids is 1. The molecule has 3 heterocycles. The molecule has 7 heteroatoms. The molecule has 4 rings (SSSR count). The number of carbonyl (C=O) groups is 1. The quantitative estimate of drug-likeness (QED) is 0.652. The highest BCUT2D eigenvalue weighted by Gasteiger charge is 2.26. The fraction of sp³-hybridized carbons (Fsp3) is 0.364. The number of nitrogens with zero attached hydrogens (tertiary/aromatic N) is 4. The van der Waals surface area contributed by atoms with Crippen LogP contribution in [-0.4, -0.2) is 52.4 Å². The van der Waals surface area contributed by atoms with Gasteiger partial charge in [0.15, 0.2) is 0 Å². The van der Waals surface area contributed by atoms with Crippen LogP contribution < -0.4 is 4.90 Å². The molecule has 3 aromatic rings. The summed E-state index contributed by atoms with van der Waals surface area (Å²) < 4.78 is 20.8. The summed E-state index contributed by atoms with van der Waals surface area (Å²) in [5.41, 5.74) is 3.24. The summed E-state index contributed by atoms with van der Waals surface area (Å²) in [7, 11) is 0. The highest BCUT2D eigenvalue weighted by Crippen LogP contribution is 2.27. The van der Waals surface area contributed by atoms with E-state index < -0.39 is 5.60 Å². The lowest BCUT2D eigenvalue weighted by Crippen LogP contribution is -2.50. The number of amides is 1. The zero-order valence-corrected chi connectivity index (χ0v) is 16.9. The molecule has 6 nitrogen and oxygen atoms in total. The second-order valence-corrected chi connectivity index (χ2v) is 8.24. The lowest BCUT2D eigenvalue weighted by atomic mass is 10.1. The molecular formula is C22H25FN4O2. The number of benzene rings is 1. The van der Waals surface area contributed by atoms with E-state index in [-0.39, 0.29) is 11.9 Å². The van der Waals surface area contributed by atoms with E-state index in [1.54, 1.807) is 11.0 Å². The molecule has 1 aliphatic rings. The molecule has 1 amide bonds. The Morgan fingerprint density at radius 3 is 2.52 bits per heavy atom. The third-order valence-electron chi connectivity index (χ3n) is 4.93. The number of hydrogen-bond acceptors (Lipinski definition) is 4. The van der Waals surface area contributed by atoms with Crippen LogP contribution in [0.2, 0.25) is 0 Å². The fourth-order valence-corrected chi connectivity index (χ4v) is 3.51. The van der Waals surface area contributed by atoms with Crippen molar-refractivity contribution >= 4 is 17.3 Å². The van der Waals surface area contributed by atoms with Crippen LogP contribution in [0.25, 0.3) is 16.6 Å². The third kappa shape index (κ3) is 4.18. The second kappa shape index (κ2) is 7.39. The number of anilines is 1. The van der Waals surface area contributed by atoms with Crippen molar-refractivity contribution in [1.82, 2.24) is 14.5 Å². The standard InChI is InChI=1S/C22H25FN4O2/c1-22(2,3)29-21(28)26-11-9-25(10-12-26)20-14-24-27-15-17(7-8-19(20)27)16-5-4-6-18(23)13-16/h4-8,13-15H,9-12H2,1-3H3. The molecule has 0 aliphatic carbocycles.